The van der Waals surface area contributed by atoms with Crippen LogP contribution in [0.15, 0.2) is 58.2 Å². The Morgan fingerprint density at radius 1 is 1.09 bits per heavy atom. The number of nitrogens with zero attached hydrogens (tertiary/aromatic N) is 2. The quantitative estimate of drug-likeness (QED) is 0.456. The lowest BCUT2D eigenvalue weighted by molar-refractivity contribution is -0.130. The van der Waals surface area contributed by atoms with Crippen molar-refractivity contribution in [3.05, 3.63) is 58.7 Å². The molecule has 5 aliphatic rings. The molecule has 0 radical (unpaired) electrons. The van der Waals surface area contributed by atoms with Gasteiger partial charge in [-0.2, -0.15) is 5.10 Å². The van der Waals surface area contributed by atoms with Crippen LogP contribution >= 0.6 is 11.6 Å². The Morgan fingerprint density at radius 2 is 1.86 bits per heavy atom. The molecule has 1 amide bonds. The van der Waals surface area contributed by atoms with Gasteiger partial charge in [0.05, 0.1) is 11.1 Å². The highest BCUT2D eigenvalue weighted by Gasteiger charge is 2.60. The van der Waals surface area contributed by atoms with Crippen molar-refractivity contribution in [3.8, 4) is 0 Å². The molecule has 1 aromatic rings. The molecule has 6 rings (SSSR count). The zero-order valence-electron chi connectivity index (χ0n) is 21.0. The van der Waals surface area contributed by atoms with E-state index in [4.69, 9.17) is 16.7 Å². The van der Waals surface area contributed by atoms with Crippen molar-refractivity contribution >= 4 is 29.0 Å². The molecule has 0 spiro atoms. The fourth-order valence-corrected chi connectivity index (χ4v) is 9.16. The molecule has 7 atom stereocenters. The van der Waals surface area contributed by atoms with Gasteiger partial charge in [0.15, 0.2) is 5.78 Å². The Morgan fingerprint density at radius 3 is 2.60 bits per heavy atom. The molecule has 5 unspecified atom stereocenters. The van der Waals surface area contributed by atoms with E-state index in [2.05, 4.69) is 32.1 Å². The molecule has 1 aromatic carbocycles. The van der Waals surface area contributed by atoms with E-state index in [0.29, 0.717) is 28.7 Å². The average molecular weight is 491 g/mol. The van der Waals surface area contributed by atoms with E-state index in [1.165, 1.54) is 29.7 Å². The van der Waals surface area contributed by atoms with Gasteiger partial charge in [0.25, 0.3) is 0 Å². The number of benzene rings is 1. The highest BCUT2D eigenvalue weighted by Crippen LogP contribution is 2.67. The number of hydrogen-bond acceptors (Lipinski definition) is 3. The number of allylic oxidation sites excluding steroid dienone is 4. The van der Waals surface area contributed by atoms with E-state index in [1.807, 2.05) is 18.2 Å². The van der Waals surface area contributed by atoms with E-state index in [-0.39, 0.29) is 28.6 Å². The molecule has 3 fully saturated rings. The SMILES string of the molecule is CC(=O)N1N=C(C2CCC3C4CCC5=C(Cl)C(=O)C=C[C@]5(C)C4CC[C@]23C)CC1c1ccccc1. The summed E-state index contributed by atoms with van der Waals surface area (Å²) in [6, 6.07) is 10.4. The Kier molecular flexibility index (Phi) is 5.41. The van der Waals surface area contributed by atoms with E-state index < -0.39 is 0 Å². The zero-order chi connectivity index (χ0) is 24.5. The fraction of sp³-hybridized carbons (Fsp3) is 0.567. The minimum atomic E-state index is -0.0952. The third-order valence-electron chi connectivity index (χ3n) is 10.5. The highest BCUT2D eigenvalue weighted by atomic mass is 35.5. The second-order valence-corrected chi connectivity index (χ2v) is 12.3. The first-order chi connectivity index (χ1) is 16.7. The minimum absolute atomic E-state index is 0.0102. The molecule has 0 aromatic heterocycles. The van der Waals surface area contributed by atoms with E-state index >= 15 is 0 Å². The van der Waals surface area contributed by atoms with Gasteiger partial charge in [0, 0.05) is 30.4 Å². The van der Waals surface area contributed by atoms with Crippen molar-refractivity contribution in [2.45, 2.75) is 71.8 Å². The van der Waals surface area contributed by atoms with Crippen LogP contribution in [0.4, 0.5) is 0 Å². The monoisotopic (exact) mass is 490 g/mol. The molecule has 4 aliphatic carbocycles. The summed E-state index contributed by atoms with van der Waals surface area (Å²) in [6.45, 7) is 6.45. The predicted molar refractivity (Wildman–Crippen MR) is 139 cm³/mol. The first kappa shape index (κ1) is 23.2. The maximum atomic E-state index is 12.5. The first-order valence-electron chi connectivity index (χ1n) is 13.3. The molecule has 0 N–H and O–H groups in total. The van der Waals surface area contributed by atoms with Gasteiger partial charge in [-0.25, -0.2) is 5.01 Å². The summed E-state index contributed by atoms with van der Waals surface area (Å²) in [5.74, 6) is 2.26. The molecule has 184 valence electrons. The fourth-order valence-electron chi connectivity index (χ4n) is 8.80. The van der Waals surface area contributed by atoms with E-state index in [9.17, 15) is 9.59 Å². The van der Waals surface area contributed by atoms with Gasteiger partial charge in [-0.3, -0.25) is 9.59 Å². The lowest BCUT2D eigenvalue weighted by atomic mass is 9.47. The molecule has 35 heavy (non-hydrogen) atoms. The van der Waals surface area contributed by atoms with Crippen molar-refractivity contribution in [1.82, 2.24) is 5.01 Å². The summed E-state index contributed by atoms with van der Waals surface area (Å²) in [6.07, 6.45) is 11.5. The first-order valence-corrected chi connectivity index (χ1v) is 13.7. The van der Waals surface area contributed by atoms with Gasteiger partial charge in [0.1, 0.15) is 0 Å². The maximum Gasteiger partial charge on any atom is 0.240 e. The van der Waals surface area contributed by atoms with Crippen molar-refractivity contribution in [2.24, 2.45) is 39.6 Å². The van der Waals surface area contributed by atoms with Gasteiger partial charge in [-0.15, -0.1) is 0 Å². The molecule has 0 bridgehead atoms. The number of hydrogen-bond donors (Lipinski definition) is 0. The standard InChI is InChI=1S/C30H35ClN2O2/c1-18(34)33-26(19-7-5-4-6-8-19)17-25(32-33)23-12-11-21-20-9-10-24-28(31)27(35)14-16-30(24,3)22(20)13-15-29(21,23)2/h4-8,14,16,20-23,26H,9-13,15,17H2,1-3H3/t20?,21?,22?,23?,26?,29-,30+/m0/s1. The van der Waals surface area contributed by atoms with Gasteiger partial charge in [0.2, 0.25) is 5.91 Å². The highest BCUT2D eigenvalue weighted by molar-refractivity contribution is 6.45. The number of hydrazone groups is 1. The molecule has 5 heteroatoms. The molecule has 1 heterocycles. The summed E-state index contributed by atoms with van der Waals surface area (Å²) >= 11 is 6.54. The zero-order valence-corrected chi connectivity index (χ0v) is 21.7. The normalized spacial score (nSPS) is 40.3. The van der Waals surface area contributed by atoms with E-state index in [1.54, 1.807) is 18.0 Å². The number of amides is 1. The lowest BCUT2D eigenvalue weighted by Gasteiger charge is -2.57. The second-order valence-electron chi connectivity index (χ2n) is 11.9. The number of carbonyl (C=O) groups excluding carboxylic acids is 2. The van der Waals surface area contributed by atoms with Crippen LogP contribution in [0.1, 0.15) is 77.3 Å². The molecular weight excluding hydrogens is 456 g/mol. The number of halogens is 1. The lowest BCUT2D eigenvalue weighted by Crippen LogP contribution is -2.50. The van der Waals surface area contributed by atoms with Gasteiger partial charge in [-0.1, -0.05) is 61.9 Å². The number of carbonyl (C=O) groups is 2. The van der Waals surface area contributed by atoms with Crippen LogP contribution in [0, 0.1) is 34.5 Å². The molecular formula is C30H35ClN2O2. The minimum Gasteiger partial charge on any atom is -0.288 e. The summed E-state index contributed by atoms with van der Waals surface area (Å²) in [5.41, 5.74) is 3.69. The summed E-state index contributed by atoms with van der Waals surface area (Å²) in [7, 11) is 0. The van der Waals surface area contributed by atoms with Gasteiger partial charge < -0.3 is 0 Å². The van der Waals surface area contributed by atoms with E-state index in [0.717, 1.165) is 32.1 Å². The number of ketones is 1. The van der Waals surface area contributed by atoms with Crippen molar-refractivity contribution in [3.63, 3.8) is 0 Å². The molecule has 1 aliphatic heterocycles. The smallest absolute Gasteiger partial charge is 0.240 e. The maximum absolute atomic E-state index is 12.5. The van der Waals surface area contributed by atoms with Crippen molar-refractivity contribution in [1.29, 1.82) is 0 Å². The van der Waals surface area contributed by atoms with Crippen LogP contribution in [0.3, 0.4) is 0 Å². The third kappa shape index (κ3) is 3.35. The molecule has 4 nitrogen and oxygen atoms in total. The predicted octanol–water partition coefficient (Wildman–Crippen LogP) is 6.83. The summed E-state index contributed by atoms with van der Waals surface area (Å²) < 4.78 is 0. The van der Waals surface area contributed by atoms with Gasteiger partial charge >= 0.3 is 0 Å². The van der Waals surface area contributed by atoms with Crippen LogP contribution in [0.5, 0.6) is 0 Å². The number of rotatable bonds is 2. The summed E-state index contributed by atoms with van der Waals surface area (Å²) in [4.78, 5) is 24.8. The van der Waals surface area contributed by atoms with Crippen LogP contribution < -0.4 is 0 Å². The van der Waals surface area contributed by atoms with Gasteiger partial charge in [-0.05, 0) is 78.9 Å². The number of fused-ring (bicyclic) bond motifs is 5. The van der Waals surface area contributed by atoms with Crippen LogP contribution in [-0.4, -0.2) is 22.4 Å². The Labute approximate surface area is 213 Å². The molecule has 3 saturated carbocycles. The van der Waals surface area contributed by atoms with Crippen LogP contribution in [0.25, 0.3) is 0 Å². The molecule has 0 saturated heterocycles. The Hall–Kier alpha value is -2.20. The van der Waals surface area contributed by atoms with Crippen LogP contribution in [-0.2, 0) is 9.59 Å². The van der Waals surface area contributed by atoms with Crippen LogP contribution in [0.2, 0.25) is 0 Å². The Bertz CT molecular complexity index is 1170. The largest absolute Gasteiger partial charge is 0.288 e. The summed E-state index contributed by atoms with van der Waals surface area (Å²) in [5, 5.41) is 7.20. The topological polar surface area (TPSA) is 49.7 Å². The van der Waals surface area contributed by atoms with Crippen molar-refractivity contribution < 1.29 is 9.59 Å². The Balaban J connectivity index is 1.28. The average Bonchev–Trinajstić information content (AvgIpc) is 3.43. The van der Waals surface area contributed by atoms with Crippen molar-refractivity contribution in [2.75, 3.05) is 0 Å². The second kappa shape index (κ2) is 8.16. The third-order valence-corrected chi connectivity index (χ3v) is 10.9.